The Morgan fingerprint density at radius 2 is 1.82 bits per heavy atom. The van der Waals surface area contributed by atoms with Crippen LogP contribution in [0.15, 0.2) is 80.4 Å². The topological polar surface area (TPSA) is 126 Å². The van der Waals surface area contributed by atoms with Crippen LogP contribution in [-0.4, -0.2) is 24.5 Å². The molecule has 1 N–H and O–H groups in total. The lowest BCUT2D eigenvalue weighted by Gasteiger charge is -2.02. The smallest absolute Gasteiger partial charge is 0.293 e. The Kier molecular flexibility index (Phi) is 6.88. The van der Waals surface area contributed by atoms with Gasteiger partial charge in [0.05, 0.1) is 16.5 Å². The van der Waals surface area contributed by atoms with Crippen LogP contribution in [0.25, 0.3) is 0 Å². The van der Waals surface area contributed by atoms with Crippen LogP contribution >= 0.6 is 23.1 Å². The van der Waals surface area contributed by atoms with Gasteiger partial charge >= 0.3 is 0 Å². The maximum Gasteiger partial charge on any atom is 0.293 e. The van der Waals surface area contributed by atoms with Crippen LogP contribution in [0.2, 0.25) is 0 Å². The van der Waals surface area contributed by atoms with Crippen molar-refractivity contribution in [2.75, 3.05) is 5.32 Å². The number of nitrogens with zero attached hydrogens (tertiary/aromatic N) is 3. The lowest BCUT2D eigenvalue weighted by Crippen LogP contribution is -2.10. The van der Waals surface area contributed by atoms with Gasteiger partial charge in [0.1, 0.15) is 11.5 Å². The van der Waals surface area contributed by atoms with Crippen LogP contribution in [0.5, 0.6) is 0 Å². The van der Waals surface area contributed by atoms with E-state index >= 15 is 0 Å². The van der Waals surface area contributed by atoms with Gasteiger partial charge in [0.25, 0.3) is 5.91 Å². The highest BCUT2D eigenvalue weighted by molar-refractivity contribution is 8.00. The average Bonchev–Trinajstić information content (AvgIpc) is 3.48. The molecule has 0 aliphatic carbocycles. The molecule has 11 heteroatoms. The van der Waals surface area contributed by atoms with Gasteiger partial charge in [-0.3, -0.25) is 10.1 Å². The van der Waals surface area contributed by atoms with E-state index in [9.17, 15) is 13.2 Å². The minimum absolute atomic E-state index is 0.0183. The normalized spacial score (nSPS) is 11.1. The zero-order valence-corrected chi connectivity index (χ0v) is 19.4. The predicted molar refractivity (Wildman–Crippen MR) is 125 cm³/mol. The highest BCUT2D eigenvalue weighted by atomic mass is 32.2. The third kappa shape index (κ3) is 5.87. The number of thioether (sulfide) groups is 1. The van der Waals surface area contributed by atoms with Crippen molar-refractivity contribution in [1.82, 2.24) is 10.2 Å². The van der Waals surface area contributed by atoms with Crippen LogP contribution in [-0.2, 0) is 21.3 Å². The van der Waals surface area contributed by atoms with Crippen LogP contribution in [0.4, 0.5) is 5.13 Å². The molecular weight excluding hydrogens is 480 g/mol. The van der Waals surface area contributed by atoms with E-state index in [-0.39, 0.29) is 22.2 Å². The fourth-order valence-corrected chi connectivity index (χ4v) is 5.74. The molecule has 0 saturated heterocycles. The second-order valence-corrected chi connectivity index (χ2v) is 11.0. The number of hydrogen-bond donors (Lipinski definition) is 1. The minimum Gasteiger partial charge on any atom is -0.455 e. The lowest BCUT2D eigenvalue weighted by molar-refractivity contribution is 0.0995. The summed E-state index contributed by atoms with van der Waals surface area (Å²) in [4.78, 5) is 12.7. The van der Waals surface area contributed by atoms with Crippen LogP contribution in [0.1, 0.15) is 27.4 Å². The Bertz CT molecular complexity index is 1410. The van der Waals surface area contributed by atoms with Crippen molar-refractivity contribution in [3.8, 4) is 6.07 Å². The van der Waals surface area contributed by atoms with Gasteiger partial charge in [-0.25, -0.2) is 8.42 Å². The van der Waals surface area contributed by atoms with Gasteiger partial charge in [-0.1, -0.05) is 53.4 Å². The molecule has 0 spiro atoms. The Labute approximate surface area is 198 Å². The van der Waals surface area contributed by atoms with Gasteiger partial charge in [0.2, 0.25) is 5.13 Å². The first-order chi connectivity index (χ1) is 15.9. The molecule has 0 aliphatic rings. The molecule has 0 aliphatic heterocycles. The Morgan fingerprint density at radius 3 is 2.55 bits per heavy atom. The second-order valence-electron chi connectivity index (χ2n) is 6.76. The molecule has 166 valence electrons. The van der Waals surface area contributed by atoms with E-state index in [1.54, 1.807) is 30.3 Å². The molecule has 33 heavy (non-hydrogen) atoms. The molecule has 1 amide bonds. The number of anilines is 1. The number of sulfone groups is 1. The molecule has 0 atom stereocenters. The van der Waals surface area contributed by atoms with E-state index in [1.165, 1.54) is 47.4 Å². The quantitative estimate of drug-likeness (QED) is 0.279. The van der Waals surface area contributed by atoms with Crippen LogP contribution in [0.3, 0.4) is 0 Å². The molecule has 0 fully saturated rings. The zero-order chi connectivity index (χ0) is 23.3. The molecule has 2 heterocycles. The SMILES string of the molecule is N#Cc1ccc(CSc2nnc(NC(=O)c3ccc(CS(=O)(=O)c4ccccc4)o3)s2)cc1. The minimum atomic E-state index is -3.58. The van der Waals surface area contributed by atoms with E-state index in [0.717, 1.165) is 5.56 Å². The molecule has 0 radical (unpaired) electrons. The first kappa shape index (κ1) is 22.7. The van der Waals surface area contributed by atoms with Crippen molar-refractivity contribution in [3.05, 3.63) is 89.4 Å². The van der Waals surface area contributed by atoms with Crippen LogP contribution in [0, 0.1) is 11.3 Å². The summed E-state index contributed by atoms with van der Waals surface area (Å²) in [5.74, 6) is -0.0985. The summed E-state index contributed by atoms with van der Waals surface area (Å²) < 4.78 is 31.1. The Hall–Kier alpha value is -3.46. The molecule has 8 nitrogen and oxygen atoms in total. The van der Waals surface area contributed by atoms with E-state index in [0.29, 0.717) is 20.8 Å². The second kappa shape index (κ2) is 9.99. The summed E-state index contributed by atoms with van der Waals surface area (Å²) in [6, 6.07) is 20.3. The van der Waals surface area contributed by atoms with Gasteiger partial charge in [0.15, 0.2) is 19.9 Å². The predicted octanol–water partition coefficient (Wildman–Crippen LogP) is 4.52. The monoisotopic (exact) mass is 496 g/mol. The summed E-state index contributed by atoms with van der Waals surface area (Å²) in [6.07, 6.45) is 0. The first-order valence-electron chi connectivity index (χ1n) is 9.56. The molecule has 2 aromatic heterocycles. The van der Waals surface area contributed by atoms with Gasteiger partial charge in [-0.15, -0.1) is 10.2 Å². The molecule has 0 saturated carbocycles. The lowest BCUT2D eigenvalue weighted by atomic mass is 10.2. The number of hydrogen-bond acceptors (Lipinski definition) is 9. The van der Waals surface area contributed by atoms with Gasteiger partial charge in [0, 0.05) is 5.75 Å². The van der Waals surface area contributed by atoms with E-state index < -0.39 is 15.7 Å². The maximum atomic E-state index is 12.5. The Balaban J connectivity index is 1.34. The molecule has 4 aromatic rings. The van der Waals surface area contributed by atoms with Gasteiger partial charge < -0.3 is 4.42 Å². The zero-order valence-electron chi connectivity index (χ0n) is 17.0. The van der Waals surface area contributed by atoms with Crippen molar-refractivity contribution >= 4 is 44.0 Å². The fraction of sp³-hybridized carbons (Fsp3) is 0.0909. The molecular formula is C22H16N4O4S3. The third-order valence-electron chi connectivity index (χ3n) is 4.39. The van der Waals surface area contributed by atoms with Crippen molar-refractivity contribution < 1.29 is 17.6 Å². The van der Waals surface area contributed by atoms with Crippen molar-refractivity contribution in [2.45, 2.75) is 20.7 Å². The number of nitriles is 1. The number of nitrogens with one attached hydrogen (secondary N) is 1. The van der Waals surface area contributed by atoms with Crippen molar-refractivity contribution in [2.24, 2.45) is 0 Å². The Morgan fingerprint density at radius 1 is 1.06 bits per heavy atom. The fourth-order valence-electron chi connectivity index (χ4n) is 2.77. The summed E-state index contributed by atoms with van der Waals surface area (Å²) in [6.45, 7) is 0. The van der Waals surface area contributed by atoms with E-state index in [4.69, 9.17) is 9.68 Å². The third-order valence-corrected chi connectivity index (χ3v) is 8.09. The van der Waals surface area contributed by atoms with E-state index in [2.05, 4.69) is 21.6 Å². The maximum absolute atomic E-state index is 12.5. The molecule has 0 bridgehead atoms. The van der Waals surface area contributed by atoms with Crippen molar-refractivity contribution in [3.63, 3.8) is 0 Å². The summed E-state index contributed by atoms with van der Waals surface area (Å²) >= 11 is 2.68. The molecule has 2 aromatic carbocycles. The first-order valence-corrected chi connectivity index (χ1v) is 13.0. The number of aromatic nitrogens is 2. The average molecular weight is 497 g/mol. The highest BCUT2D eigenvalue weighted by Gasteiger charge is 2.20. The standard InChI is InChI=1S/C22H16N4O4S3/c23-12-15-6-8-16(9-7-15)13-31-22-26-25-21(32-22)24-20(27)19-11-10-17(30-19)14-33(28,29)18-4-2-1-3-5-18/h1-11H,13-14H2,(H,24,25,27). The number of amides is 1. The summed E-state index contributed by atoms with van der Waals surface area (Å²) in [7, 11) is -3.58. The summed E-state index contributed by atoms with van der Waals surface area (Å²) in [5.41, 5.74) is 1.64. The molecule has 4 rings (SSSR count). The summed E-state index contributed by atoms with van der Waals surface area (Å²) in [5, 5.41) is 19.8. The van der Waals surface area contributed by atoms with E-state index in [1.807, 2.05) is 12.1 Å². The number of benzene rings is 2. The molecule has 0 unspecified atom stereocenters. The number of furan rings is 1. The highest BCUT2D eigenvalue weighted by Crippen LogP contribution is 2.29. The number of carbonyl (C=O) groups excluding carboxylic acids is 1. The number of carbonyl (C=O) groups is 1. The largest absolute Gasteiger partial charge is 0.455 e. The van der Waals surface area contributed by atoms with Gasteiger partial charge in [-0.2, -0.15) is 5.26 Å². The number of rotatable bonds is 8. The van der Waals surface area contributed by atoms with Crippen molar-refractivity contribution in [1.29, 1.82) is 5.26 Å². The van der Waals surface area contributed by atoms with Gasteiger partial charge in [-0.05, 0) is 42.0 Å². The van der Waals surface area contributed by atoms with Crippen LogP contribution < -0.4 is 5.32 Å².